The van der Waals surface area contributed by atoms with Crippen molar-refractivity contribution in [2.24, 2.45) is 0 Å². The molecule has 0 aliphatic rings. The van der Waals surface area contributed by atoms with E-state index >= 15 is 0 Å². The molecule has 0 N–H and O–H groups in total. The number of fused-ring (bicyclic) bond motifs is 14. The largest absolute Gasteiger partial charge is 0.452 e. The number of ether oxygens (including phenoxy) is 1. The molecule has 6 aromatic heterocycles. The van der Waals surface area contributed by atoms with E-state index in [1.807, 2.05) is 73.1 Å². The van der Waals surface area contributed by atoms with Crippen LogP contribution in [0, 0.1) is 0 Å². The molecule has 12 aromatic rings. The molecule has 0 unspecified atom stereocenters. The van der Waals surface area contributed by atoms with Crippen molar-refractivity contribution < 1.29 is 13.6 Å². The van der Waals surface area contributed by atoms with Gasteiger partial charge in [-0.3, -0.25) is 9.13 Å². The van der Waals surface area contributed by atoms with Crippen LogP contribution in [0.15, 0.2) is 167 Å². The van der Waals surface area contributed by atoms with Crippen LogP contribution in [0.4, 0.5) is 0 Å². The first-order valence-electron chi connectivity index (χ1n) is 17.6. The molecule has 7 heteroatoms. The van der Waals surface area contributed by atoms with Gasteiger partial charge in [0.15, 0.2) is 22.7 Å². The topological polar surface area (TPSA) is 71.2 Å². The van der Waals surface area contributed by atoms with E-state index in [9.17, 15) is 0 Å². The molecule has 0 amide bonds. The van der Waals surface area contributed by atoms with E-state index in [0.29, 0.717) is 22.7 Å². The molecule has 53 heavy (non-hydrogen) atoms. The van der Waals surface area contributed by atoms with E-state index in [1.54, 1.807) is 0 Å². The summed E-state index contributed by atoms with van der Waals surface area (Å²) in [5, 5.41) is 8.39. The highest BCUT2D eigenvalue weighted by atomic mass is 16.5. The number of hydrogen-bond acceptors (Lipinski definition) is 5. The zero-order valence-electron chi connectivity index (χ0n) is 28.0. The zero-order chi connectivity index (χ0) is 34.6. The number of benzene rings is 6. The normalized spacial score (nSPS) is 12.2. The van der Waals surface area contributed by atoms with Crippen molar-refractivity contribution in [1.29, 1.82) is 0 Å². The molecule has 0 aliphatic carbocycles. The van der Waals surface area contributed by atoms with Gasteiger partial charge in [-0.1, -0.05) is 84.9 Å². The Hall–Kier alpha value is -7.38. The summed E-state index contributed by atoms with van der Waals surface area (Å²) in [5.74, 6) is 2.78. The minimum absolute atomic E-state index is 0.574. The van der Waals surface area contributed by atoms with Gasteiger partial charge in [-0.25, -0.2) is 9.97 Å². The minimum atomic E-state index is 0.574. The number of rotatable bonds is 4. The Kier molecular flexibility index (Phi) is 5.65. The monoisotopic (exact) mass is 682 g/mol. The van der Waals surface area contributed by atoms with Gasteiger partial charge < -0.3 is 13.6 Å². The molecule has 0 atom stereocenters. The number of nitrogens with zero attached hydrogens (tertiary/aromatic N) is 4. The second-order valence-corrected chi connectivity index (χ2v) is 13.3. The third-order valence-electron chi connectivity index (χ3n) is 10.5. The summed E-state index contributed by atoms with van der Waals surface area (Å²) in [6.45, 7) is 0. The maximum Gasteiger partial charge on any atom is 0.178 e. The second kappa shape index (κ2) is 10.6. The minimum Gasteiger partial charge on any atom is -0.452 e. The maximum atomic E-state index is 7.20. The molecule has 0 radical (unpaired) electrons. The summed E-state index contributed by atoms with van der Waals surface area (Å²) in [7, 11) is 0. The zero-order valence-corrected chi connectivity index (χ0v) is 28.0. The second-order valence-electron chi connectivity index (χ2n) is 13.3. The summed E-state index contributed by atoms with van der Waals surface area (Å²) < 4.78 is 25.1. The van der Waals surface area contributed by atoms with Crippen LogP contribution in [0.3, 0.4) is 0 Å². The summed E-state index contributed by atoms with van der Waals surface area (Å²) in [5.41, 5.74) is 6.92. The number of pyridine rings is 2. The van der Waals surface area contributed by atoms with Gasteiger partial charge in [0.25, 0.3) is 0 Å². The van der Waals surface area contributed by atoms with E-state index < -0.39 is 0 Å². The fraction of sp³-hybridized carbons (Fsp3) is 0. The maximum absolute atomic E-state index is 7.20. The fourth-order valence-electron chi connectivity index (χ4n) is 8.37. The number of furan rings is 2. The van der Waals surface area contributed by atoms with Crippen LogP contribution in [-0.4, -0.2) is 19.1 Å². The molecule has 0 spiro atoms. The van der Waals surface area contributed by atoms with Crippen LogP contribution >= 0.6 is 0 Å². The lowest BCUT2D eigenvalue weighted by atomic mass is 10.0. The molecule has 0 saturated heterocycles. The summed E-state index contributed by atoms with van der Waals surface area (Å²) >= 11 is 0. The van der Waals surface area contributed by atoms with Gasteiger partial charge in [0.2, 0.25) is 0 Å². The van der Waals surface area contributed by atoms with Crippen LogP contribution in [-0.2, 0) is 0 Å². The molecular weight excluding hydrogens is 657 g/mol. The molecule has 0 fully saturated rings. The Morgan fingerprint density at radius 2 is 0.811 bits per heavy atom. The van der Waals surface area contributed by atoms with Crippen LogP contribution in [0.5, 0.6) is 11.5 Å². The molecule has 0 bridgehead atoms. The molecule has 6 heterocycles. The molecule has 7 nitrogen and oxygen atoms in total. The van der Waals surface area contributed by atoms with E-state index in [4.69, 9.17) is 23.5 Å². The van der Waals surface area contributed by atoms with Gasteiger partial charge >= 0.3 is 0 Å². The lowest BCUT2D eigenvalue weighted by molar-refractivity contribution is 0.472. The standard InChI is InChI=1S/C46H26N4O3/c1-5-17-31-27(13-1)41-33(49(31)39-21-9-11-23-47-39)25-37(45-43(41)29-15-3-7-19-35(29)52-45)51-38-26-34-42(44-30-16-4-8-20-36(30)53-46(38)44)28-14-2-6-18-32(28)50(34)40-22-10-12-24-48-40/h1-26H. The van der Waals surface area contributed by atoms with Crippen LogP contribution < -0.4 is 4.74 Å². The van der Waals surface area contributed by atoms with Crippen LogP contribution in [0.2, 0.25) is 0 Å². The van der Waals surface area contributed by atoms with Crippen molar-refractivity contribution in [2.45, 2.75) is 0 Å². The Morgan fingerprint density at radius 3 is 1.26 bits per heavy atom. The highest BCUT2D eigenvalue weighted by molar-refractivity contribution is 6.30. The Morgan fingerprint density at radius 1 is 0.396 bits per heavy atom. The molecule has 248 valence electrons. The summed E-state index contributed by atoms with van der Waals surface area (Å²) in [4.78, 5) is 9.60. The van der Waals surface area contributed by atoms with Gasteiger partial charge in [-0.15, -0.1) is 0 Å². The third kappa shape index (κ3) is 3.88. The SMILES string of the molecule is c1ccc(-n2c3ccccc3c3c4c(oc5ccccc54)c(Oc4cc5c(c6ccccc6n5-c5ccccn5)c5c4oc4ccccc45)cc32)nc1. The van der Waals surface area contributed by atoms with Crippen molar-refractivity contribution in [3.05, 3.63) is 158 Å². The Labute approximate surface area is 300 Å². The van der Waals surface area contributed by atoms with Gasteiger partial charge in [0.1, 0.15) is 22.8 Å². The first-order valence-corrected chi connectivity index (χ1v) is 17.6. The molecule has 0 aliphatic heterocycles. The van der Waals surface area contributed by atoms with Crippen molar-refractivity contribution >= 4 is 87.5 Å². The average molecular weight is 683 g/mol. The van der Waals surface area contributed by atoms with E-state index in [2.05, 4.69) is 94.1 Å². The number of para-hydroxylation sites is 4. The summed E-state index contributed by atoms with van der Waals surface area (Å²) in [6, 6.07) is 49.4. The van der Waals surface area contributed by atoms with Gasteiger partial charge in [0, 0.05) is 67.6 Å². The smallest absolute Gasteiger partial charge is 0.178 e. The highest BCUT2D eigenvalue weighted by Crippen LogP contribution is 2.49. The Balaban J connectivity index is 1.23. The average Bonchev–Trinajstić information content (AvgIpc) is 3.96. The fourth-order valence-corrected chi connectivity index (χ4v) is 8.37. The van der Waals surface area contributed by atoms with Crippen molar-refractivity contribution in [1.82, 2.24) is 19.1 Å². The summed E-state index contributed by atoms with van der Waals surface area (Å²) in [6.07, 6.45) is 3.65. The van der Waals surface area contributed by atoms with Crippen LogP contribution in [0.25, 0.3) is 99.1 Å². The van der Waals surface area contributed by atoms with Crippen LogP contribution in [0.1, 0.15) is 0 Å². The van der Waals surface area contributed by atoms with Crippen molar-refractivity contribution in [3.63, 3.8) is 0 Å². The van der Waals surface area contributed by atoms with Crippen molar-refractivity contribution in [3.8, 4) is 23.1 Å². The number of hydrogen-bond donors (Lipinski definition) is 0. The predicted octanol–water partition coefficient (Wildman–Crippen LogP) is 12.3. The Bertz CT molecular complexity index is 3200. The molecule has 12 rings (SSSR count). The van der Waals surface area contributed by atoms with Gasteiger partial charge in [0.05, 0.1) is 22.1 Å². The molecular formula is C46H26N4O3. The van der Waals surface area contributed by atoms with Gasteiger partial charge in [-0.2, -0.15) is 0 Å². The number of aromatic nitrogens is 4. The lowest BCUT2D eigenvalue weighted by Crippen LogP contribution is -1.97. The van der Waals surface area contributed by atoms with E-state index in [1.165, 1.54) is 0 Å². The lowest BCUT2D eigenvalue weighted by Gasteiger charge is -2.12. The third-order valence-corrected chi connectivity index (χ3v) is 10.5. The highest BCUT2D eigenvalue weighted by Gasteiger charge is 2.26. The van der Waals surface area contributed by atoms with E-state index in [-0.39, 0.29) is 0 Å². The van der Waals surface area contributed by atoms with E-state index in [0.717, 1.165) is 88.0 Å². The predicted molar refractivity (Wildman–Crippen MR) is 212 cm³/mol. The van der Waals surface area contributed by atoms with Gasteiger partial charge in [-0.05, 0) is 48.5 Å². The van der Waals surface area contributed by atoms with Crippen molar-refractivity contribution in [2.75, 3.05) is 0 Å². The molecule has 0 saturated carbocycles. The first-order chi connectivity index (χ1) is 26.3. The quantitative estimate of drug-likeness (QED) is 0.185. The first kappa shape index (κ1) is 28.3. The molecule has 6 aromatic carbocycles.